The third-order valence-corrected chi connectivity index (χ3v) is 3.68. The van der Waals surface area contributed by atoms with Gasteiger partial charge < -0.3 is 10.1 Å². The van der Waals surface area contributed by atoms with Crippen LogP contribution in [0.4, 0.5) is 5.69 Å². The number of methoxy groups -OCH3 is 1. The molecule has 0 bridgehead atoms. The number of anilines is 1. The minimum absolute atomic E-state index is 0.406. The van der Waals surface area contributed by atoms with Crippen LogP contribution in [0.25, 0.3) is 0 Å². The molecule has 1 N–H and O–H groups in total. The molecule has 0 amide bonds. The van der Waals surface area contributed by atoms with Gasteiger partial charge in [0.05, 0.1) is 18.4 Å². The lowest BCUT2D eigenvalue weighted by Gasteiger charge is -2.19. The van der Waals surface area contributed by atoms with Crippen LogP contribution in [0.2, 0.25) is 0 Å². The fourth-order valence-electron chi connectivity index (χ4n) is 2.65. The summed E-state index contributed by atoms with van der Waals surface area (Å²) in [5, 5.41) is 12.6. The molecule has 1 unspecified atom stereocenters. The van der Waals surface area contributed by atoms with E-state index in [0.717, 1.165) is 24.3 Å². The molecule has 1 aliphatic rings. The highest BCUT2D eigenvalue weighted by atomic mass is 16.5. The maximum absolute atomic E-state index is 9.13. The first kappa shape index (κ1) is 12.8. The Morgan fingerprint density at radius 1 is 1.44 bits per heavy atom. The lowest BCUT2D eigenvalue weighted by molar-refractivity contribution is 0.378. The topological polar surface area (TPSA) is 45.0 Å². The molecule has 1 saturated carbocycles. The first-order valence-corrected chi connectivity index (χ1v) is 6.39. The fraction of sp³-hybridized carbons (Fsp3) is 0.533. The van der Waals surface area contributed by atoms with Crippen LogP contribution >= 0.6 is 0 Å². The molecule has 1 aromatic rings. The van der Waals surface area contributed by atoms with Gasteiger partial charge in [-0.25, -0.2) is 0 Å². The molecule has 2 rings (SSSR count). The molecule has 1 aliphatic carbocycles. The third kappa shape index (κ3) is 2.76. The summed E-state index contributed by atoms with van der Waals surface area (Å²) in [5.74, 6) is 0.786. The van der Waals surface area contributed by atoms with Crippen LogP contribution < -0.4 is 10.1 Å². The summed E-state index contributed by atoms with van der Waals surface area (Å²) in [6.07, 6.45) is 3.54. The van der Waals surface area contributed by atoms with Crippen molar-refractivity contribution in [1.82, 2.24) is 0 Å². The normalized spacial score (nSPS) is 21.3. The lowest BCUT2D eigenvalue weighted by Crippen LogP contribution is -2.18. The molecule has 18 heavy (non-hydrogen) atoms. The highest BCUT2D eigenvalue weighted by Gasteiger charge is 2.31. The van der Waals surface area contributed by atoms with Crippen molar-refractivity contribution in [2.24, 2.45) is 5.41 Å². The molecule has 96 valence electrons. The number of ether oxygens (including phenoxy) is 1. The van der Waals surface area contributed by atoms with E-state index in [4.69, 9.17) is 10.00 Å². The van der Waals surface area contributed by atoms with Gasteiger partial charge in [-0.15, -0.1) is 0 Å². The van der Waals surface area contributed by atoms with Gasteiger partial charge in [-0.3, -0.25) is 0 Å². The van der Waals surface area contributed by atoms with E-state index in [0.29, 0.717) is 17.0 Å². The van der Waals surface area contributed by atoms with Crippen LogP contribution in [0.3, 0.4) is 0 Å². The second-order valence-corrected chi connectivity index (χ2v) is 5.77. The zero-order valence-electron chi connectivity index (χ0n) is 11.3. The van der Waals surface area contributed by atoms with Crippen molar-refractivity contribution >= 4 is 5.69 Å². The first-order chi connectivity index (χ1) is 8.54. The highest BCUT2D eigenvalue weighted by molar-refractivity contribution is 5.61. The van der Waals surface area contributed by atoms with Gasteiger partial charge in [0.25, 0.3) is 0 Å². The van der Waals surface area contributed by atoms with Crippen LogP contribution in [0.1, 0.15) is 38.7 Å². The summed E-state index contributed by atoms with van der Waals surface area (Å²) >= 11 is 0. The van der Waals surface area contributed by atoms with Gasteiger partial charge in [0, 0.05) is 12.1 Å². The van der Waals surface area contributed by atoms with Gasteiger partial charge in [0.1, 0.15) is 11.8 Å². The predicted molar refractivity (Wildman–Crippen MR) is 72.8 cm³/mol. The number of benzene rings is 1. The van der Waals surface area contributed by atoms with E-state index < -0.39 is 0 Å². The Morgan fingerprint density at radius 2 is 2.22 bits per heavy atom. The largest absolute Gasteiger partial charge is 0.497 e. The van der Waals surface area contributed by atoms with Crippen molar-refractivity contribution < 1.29 is 4.74 Å². The van der Waals surface area contributed by atoms with Gasteiger partial charge in [0.15, 0.2) is 0 Å². The second kappa shape index (κ2) is 4.89. The number of nitriles is 1. The van der Waals surface area contributed by atoms with E-state index in [1.807, 2.05) is 12.1 Å². The fourth-order valence-corrected chi connectivity index (χ4v) is 2.65. The van der Waals surface area contributed by atoms with E-state index >= 15 is 0 Å². The zero-order chi connectivity index (χ0) is 13.2. The number of hydrogen-bond acceptors (Lipinski definition) is 3. The summed E-state index contributed by atoms with van der Waals surface area (Å²) < 4.78 is 5.21. The molecule has 3 heteroatoms. The molecule has 0 heterocycles. The maximum Gasteiger partial charge on any atom is 0.121 e. The number of nitrogens with zero attached hydrogens (tertiary/aromatic N) is 1. The van der Waals surface area contributed by atoms with Crippen molar-refractivity contribution in [3.8, 4) is 11.8 Å². The minimum Gasteiger partial charge on any atom is -0.497 e. The molecule has 0 radical (unpaired) electrons. The molecule has 0 aromatic heterocycles. The molecule has 0 saturated heterocycles. The number of rotatable bonds is 3. The quantitative estimate of drug-likeness (QED) is 0.884. The summed E-state index contributed by atoms with van der Waals surface area (Å²) in [6.45, 7) is 4.59. The molecule has 0 aliphatic heterocycles. The molecule has 3 nitrogen and oxygen atoms in total. The lowest BCUT2D eigenvalue weighted by atomic mass is 9.92. The van der Waals surface area contributed by atoms with E-state index in [2.05, 4.69) is 25.2 Å². The Balaban J connectivity index is 2.16. The molecular weight excluding hydrogens is 224 g/mol. The average molecular weight is 244 g/mol. The zero-order valence-corrected chi connectivity index (χ0v) is 11.3. The predicted octanol–water partition coefficient (Wildman–Crippen LogP) is 3.56. The monoisotopic (exact) mass is 244 g/mol. The van der Waals surface area contributed by atoms with E-state index in [1.165, 1.54) is 6.42 Å². The van der Waals surface area contributed by atoms with Crippen molar-refractivity contribution in [3.05, 3.63) is 23.8 Å². The minimum atomic E-state index is 0.406. The summed E-state index contributed by atoms with van der Waals surface area (Å²) in [7, 11) is 1.64. The molecule has 1 atom stereocenters. The average Bonchev–Trinajstić information content (AvgIpc) is 2.68. The maximum atomic E-state index is 9.13. The number of nitrogens with one attached hydrogen (secondary N) is 1. The van der Waals surface area contributed by atoms with E-state index in [-0.39, 0.29) is 0 Å². The van der Waals surface area contributed by atoms with Gasteiger partial charge in [0.2, 0.25) is 0 Å². The first-order valence-electron chi connectivity index (χ1n) is 6.39. The van der Waals surface area contributed by atoms with Gasteiger partial charge in [-0.1, -0.05) is 13.8 Å². The van der Waals surface area contributed by atoms with Crippen LogP contribution in [-0.2, 0) is 0 Å². The Morgan fingerprint density at radius 3 is 2.78 bits per heavy atom. The molecular formula is C15H20N2O. The van der Waals surface area contributed by atoms with Crippen molar-refractivity contribution in [3.63, 3.8) is 0 Å². The third-order valence-electron chi connectivity index (χ3n) is 3.68. The van der Waals surface area contributed by atoms with E-state index in [1.54, 1.807) is 13.2 Å². The Kier molecular flexibility index (Phi) is 3.47. The summed E-state index contributed by atoms with van der Waals surface area (Å²) in [4.78, 5) is 0. The van der Waals surface area contributed by atoms with Crippen molar-refractivity contribution in [2.75, 3.05) is 12.4 Å². The Hall–Kier alpha value is -1.69. The van der Waals surface area contributed by atoms with Gasteiger partial charge in [-0.2, -0.15) is 5.26 Å². The van der Waals surface area contributed by atoms with E-state index in [9.17, 15) is 0 Å². The summed E-state index contributed by atoms with van der Waals surface area (Å²) in [5.41, 5.74) is 1.98. The van der Waals surface area contributed by atoms with Crippen molar-refractivity contribution in [2.45, 2.75) is 39.2 Å². The Labute approximate surface area is 109 Å². The van der Waals surface area contributed by atoms with Crippen LogP contribution in [0.15, 0.2) is 18.2 Å². The second-order valence-electron chi connectivity index (χ2n) is 5.77. The van der Waals surface area contributed by atoms with Crippen LogP contribution in [-0.4, -0.2) is 13.2 Å². The van der Waals surface area contributed by atoms with Gasteiger partial charge in [-0.05, 0) is 36.8 Å². The molecule has 1 fully saturated rings. The van der Waals surface area contributed by atoms with Crippen LogP contribution in [0.5, 0.6) is 5.75 Å². The summed E-state index contributed by atoms with van der Waals surface area (Å²) in [6, 6.07) is 8.22. The Bertz CT molecular complexity index is 474. The van der Waals surface area contributed by atoms with Gasteiger partial charge >= 0.3 is 0 Å². The number of hydrogen-bond donors (Lipinski definition) is 1. The van der Waals surface area contributed by atoms with Crippen LogP contribution in [0, 0.1) is 16.7 Å². The van der Waals surface area contributed by atoms with Crippen molar-refractivity contribution in [1.29, 1.82) is 5.26 Å². The molecule has 0 spiro atoms. The standard InChI is InChI=1S/C15H20N2O/c1-15(2)7-6-12(9-15)17-14-8-13(18-3)5-4-11(14)10-16/h4-5,8,12,17H,6-7,9H2,1-3H3. The smallest absolute Gasteiger partial charge is 0.121 e. The SMILES string of the molecule is COc1ccc(C#N)c(NC2CCC(C)(C)C2)c1. The highest BCUT2D eigenvalue weighted by Crippen LogP contribution is 2.38. The molecule has 1 aromatic carbocycles.